The Bertz CT molecular complexity index is 962. The first-order chi connectivity index (χ1) is 14.6. The molecule has 0 spiro atoms. The van der Waals surface area contributed by atoms with Gasteiger partial charge in [-0.15, -0.1) is 0 Å². The van der Waals surface area contributed by atoms with Crippen molar-refractivity contribution in [1.82, 2.24) is 15.0 Å². The van der Waals surface area contributed by atoms with E-state index in [2.05, 4.69) is 27.2 Å². The molecule has 8 heteroatoms. The third-order valence-electron chi connectivity index (χ3n) is 5.40. The second kappa shape index (κ2) is 9.15. The van der Waals surface area contributed by atoms with Crippen LogP contribution in [0.1, 0.15) is 35.9 Å². The van der Waals surface area contributed by atoms with Crippen LogP contribution in [-0.4, -0.2) is 34.8 Å². The van der Waals surface area contributed by atoms with Gasteiger partial charge in [0.2, 0.25) is 5.89 Å². The van der Waals surface area contributed by atoms with E-state index >= 15 is 0 Å². The van der Waals surface area contributed by atoms with Crippen LogP contribution in [0, 0.1) is 0 Å². The molecule has 1 aliphatic heterocycles. The molecule has 0 bridgehead atoms. The van der Waals surface area contributed by atoms with Crippen molar-refractivity contribution in [2.24, 2.45) is 0 Å². The van der Waals surface area contributed by atoms with Crippen LogP contribution in [0.2, 0.25) is 0 Å². The lowest BCUT2D eigenvalue weighted by molar-refractivity contribution is -0.0579. The number of likely N-dealkylation sites (tertiary alicyclic amines) is 1. The normalized spacial score (nSPS) is 19.6. The summed E-state index contributed by atoms with van der Waals surface area (Å²) in [6.45, 7) is 1.85. The SMILES string of the molecule is COc1ccc(N)cc1CO[C@@H]1CCCN(Cc2nc(N)no2)[C@@H]1c1ccccc1. The molecular formula is C22H27N5O3. The van der Waals surface area contributed by atoms with Crippen LogP contribution < -0.4 is 16.2 Å². The molecule has 2 heterocycles. The zero-order valence-corrected chi connectivity index (χ0v) is 17.0. The fourth-order valence-corrected chi connectivity index (χ4v) is 4.07. The second-order valence-corrected chi connectivity index (χ2v) is 7.44. The standard InChI is InChI=1S/C22H27N5O3/c1-28-18-10-9-17(23)12-16(18)14-29-19-8-5-11-27(13-20-25-22(24)26-30-20)21(19)15-6-3-2-4-7-15/h2-4,6-7,9-10,12,19,21H,5,8,11,13-14,23H2,1H3,(H2,24,26)/t19-,21-/m1/s1. The highest BCUT2D eigenvalue weighted by Crippen LogP contribution is 2.35. The van der Waals surface area contributed by atoms with Crippen molar-refractivity contribution in [3.63, 3.8) is 0 Å². The summed E-state index contributed by atoms with van der Waals surface area (Å²) in [5.74, 6) is 1.43. The number of hydrogen-bond donors (Lipinski definition) is 2. The number of benzene rings is 2. The minimum Gasteiger partial charge on any atom is -0.496 e. The van der Waals surface area contributed by atoms with Crippen LogP contribution in [-0.2, 0) is 17.9 Å². The molecule has 0 unspecified atom stereocenters. The van der Waals surface area contributed by atoms with E-state index in [1.54, 1.807) is 7.11 Å². The monoisotopic (exact) mass is 409 g/mol. The first kappa shape index (κ1) is 20.2. The van der Waals surface area contributed by atoms with Crippen molar-refractivity contribution >= 4 is 11.6 Å². The number of piperidine rings is 1. The molecule has 1 fully saturated rings. The highest BCUT2D eigenvalue weighted by molar-refractivity contribution is 5.47. The lowest BCUT2D eigenvalue weighted by atomic mass is 9.92. The second-order valence-electron chi connectivity index (χ2n) is 7.44. The van der Waals surface area contributed by atoms with Gasteiger partial charge in [-0.25, -0.2) is 0 Å². The van der Waals surface area contributed by atoms with Gasteiger partial charge in [-0.2, -0.15) is 4.98 Å². The molecule has 1 aliphatic rings. The summed E-state index contributed by atoms with van der Waals surface area (Å²) in [6, 6.07) is 16.0. The van der Waals surface area contributed by atoms with Gasteiger partial charge in [0.05, 0.1) is 32.4 Å². The smallest absolute Gasteiger partial charge is 0.260 e. The molecule has 0 aliphatic carbocycles. The molecule has 3 aromatic rings. The lowest BCUT2D eigenvalue weighted by Crippen LogP contribution is -2.42. The third-order valence-corrected chi connectivity index (χ3v) is 5.40. The van der Waals surface area contributed by atoms with Crippen molar-refractivity contribution in [2.75, 3.05) is 25.1 Å². The molecular weight excluding hydrogens is 382 g/mol. The Morgan fingerprint density at radius 2 is 2.00 bits per heavy atom. The summed E-state index contributed by atoms with van der Waals surface area (Å²) in [5, 5.41) is 3.71. The van der Waals surface area contributed by atoms with E-state index in [4.69, 9.17) is 25.5 Å². The minimum absolute atomic E-state index is 0.00689. The summed E-state index contributed by atoms with van der Waals surface area (Å²) < 4.78 is 17.2. The number of ether oxygens (including phenoxy) is 2. The summed E-state index contributed by atoms with van der Waals surface area (Å²) in [4.78, 5) is 6.48. The molecule has 2 atom stereocenters. The van der Waals surface area contributed by atoms with Gasteiger partial charge in [-0.1, -0.05) is 30.3 Å². The van der Waals surface area contributed by atoms with E-state index in [-0.39, 0.29) is 18.1 Å². The lowest BCUT2D eigenvalue weighted by Gasteiger charge is -2.40. The third kappa shape index (κ3) is 4.55. The van der Waals surface area contributed by atoms with Crippen LogP contribution in [0.15, 0.2) is 53.1 Å². The molecule has 4 N–H and O–H groups in total. The van der Waals surface area contributed by atoms with Crippen molar-refractivity contribution in [2.45, 2.75) is 38.1 Å². The average Bonchev–Trinajstić information content (AvgIpc) is 3.17. The summed E-state index contributed by atoms with van der Waals surface area (Å²) in [5.41, 5.74) is 14.4. The first-order valence-electron chi connectivity index (χ1n) is 10.0. The summed E-state index contributed by atoms with van der Waals surface area (Å²) >= 11 is 0. The Morgan fingerprint density at radius 1 is 1.17 bits per heavy atom. The maximum absolute atomic E-state index is 6.44. The largest absolute Gasteiger partial charge is 0.496 e. The van der Waals surface area contributed by atoms with E-state index in [0.29, 0.717) is 24.7 Å². The number of rotatable bonds is 7. The van der Waals surface area contributed by atoms with E-state index in [1.165, 1.54) is 5.56 Å². The maximum Gasteiger partial charge on any atom is 0.260 e. The average molecular weight is 409 g/mol. The van der Waals surface area contributed by atoms with Crippen LogP contribution in [0.25, 0.3) is 0 Å². The highest BCUT2D eigenvalue weighted by atomic mass is 16.5. The van der Waals surface area contributed by atoms with Crippen molar-refractivity contribution in [3.8, 4) is 5.75 Å². The summed E-state index contributed by atoms with van der Waals surface area (Å²) in [7, 11) is 1.65. The molecule has 0 amide bonds. The number of nitrogens with two attached hydrogens (primary N) is 2. The molecule has 2 aromatic carbocycles. The van der Waals surface area contributed by atoms with Gasteiger partial charge in [0.1, 0.15) is 5.75 Å². The quantitative estimate of drug-likeness (QED) is 0.572. The van der Waals surface area contributed by atoms with Gasteiger partial charge in [0, 0.05) is 11.3 Å². The van der Waals surface area contributed by atoms with Crippen molar-refractivity contribution in [3.05, 3.63) is 65.5 Å². The topological polar surface area (TPSA) is 113 Å². The number of aromatic nitrogens is 2. The van der Waals surface area contributed by atoms with Gasteiger partial charge in [-0.05, 0) is 48.3 Å². The Balaban J connectivity index is 1.56. The molecule has 8 nitrogen and oxygen atoms in total. The number of anilines is 2. The van der Waals surface area contributed by atoms with Crippen LogP contribution in [0.3, 0.4) is 0 Å². The zero-order chi connectivity index (χ0) is 20.9. The number of methoxy groups -OCH3 is 1. The Labute approximate surface area is 175 Å². The molecule has 1 saturated heterocycles. The van der Waals surface area contributed by atoms with Gasteiger partial charge in [-0.3, -0.25) is 4.90 Å². The van der Waals surface area contributed by atoms with E-state index in [9.17, 15) is 0 Å². The van der Waals surface area contributed by atoms with Gasteiger partial charge in [0.15, 0.2) is 0 Å². The molecule has 30 heavy (non-hydrogen) atoms. The van der Waals surface area contributed by atoms with E-state index < -0.39 is 0 Å². The predicted molar refractivity (Wildman–Crippen MR) is 114 cm³/mol. The summed E-state index contributed by atoms with van der Waals surface area (Å²) in [6.07, 6.45) is 1.95. The Morgan fingerprint density at radius 3 is 2.73 bits per heavy atom. The minimum atomic E-state index is -0.00689. The zero-order valence-electron chi connectivity index (χ0n) is 17.0. The van der Waals surface area contributed by atoms with Crippen LogP contribution in [0.5, 0.6) is 5.75 Å². The molecule has 0 saturated carbocycles. The van der Waals surface area contributed by atoms with Gasteiger partial charge < -0.3 is 25.5 Å². The maximum atomic E-state index is 6.44. The molecule has 4 rings (SSSR count). The van der Waals surface area contributed by atoms with Crippen LogP contribution >= 0.6 is 0 Å². The van der Waals surface area contributed by atoms with Gasteiger partial charge >= 0.3 is 0 Å². The van der Waals surface area contributed by atoms with E-state index in [1.807, 2.05) is 36.4 Å². The Hall–Kier alpha value is -3.10. The number of nitrogen functional groups attached to an aromatic ring is 2. The fraction of sp³-hybridized carbons (Fsp3) is 0.364. The number of nitrogens with zero attached hydrogens (tertiary/aromatic N) is 3. The van der Waals surface area contributed by atoms with Gasteiger partial charge in [0.25, 0.3) is 5.95 Å². The number of hydrogen-bond acceptors (Lipinski definition) is 8. The predicted octanol–water partition coefficient (Wildman–Crippen LogP) is 3.17. The highest BCUT2D eigenvalue weighted by Gasteiger charge is 2.34. The fourth-order valence-electron chi connectivity index (χ4n) is 4.07. The van der Waals surface area contributed by atoms with Crippen molar-refractivity contribution in [1.29, 1.82) is 0 Å². The van der Waals surface area contributed by atoms with Crippen LogP contribution in [0.4, 0.5) is 11.6 Å². The first-order valence-corrected chi connectivity index (χ1v) is 10.0. The molecule has 158 valence electrons. The van der Waals surface area contributed by atoms with Crippen molar-refractivity contribution < 1.29 is 14.0 Å². The molecule has 0 radical (unpaired) electrons. The van der Waals surface area contributed by atoms with E-state index in [0.717, 1.165) is 30.7 Å². The molecule has 1 aromatic heterocycles. The Kier molecular flexibility index (Phi) is 6.15.